The molecule has 1 nitrogen and oxygen atoms in total. The summed E-state index contributed by atoms with van der Waals surface area (Å²) in [5.41, 5.74) is 2.50. The topological polar surface area (TPSA) is 17.1 Å². The van der Waals surface area contributed by atoms with E-state index >= 15 is 0 Å². The molecule has 0 amide bonds. The van der Waals surface area contributed by atoms with Crippen LogP contribution in [0.5, 0.6) is 0 Å². The van der Waals surface area contributed by atoms with Crippen LogP contribution in [0.4, 0.5) is 0 Å². The van der Waals surface area contributed by atoms with E-state index < -0.39 is 0 Å². The van der Waals surface area contributed by atoms with Crippen LogP contribution < -0.4 is 0 Å². The lowest BCUT2D eigenvalue weighted by atomic mass is 9.98. The molecule has 19 heavy (non-hydrogen) atoms. The van der Waals surface area contributed by atoms with Crippen LogP contribution in [-0.4, -0.2) is 12.0 Å². The summed E-state index contributed by atoms with van der Waals surface area (Å²) in [6.45, 7) is 3.92. The van der Waals surface area contributed by atoms with Crippen LogP contribution in [0.2, 0.25) is 0 Å². The van der Waals surface area contributed by atoms with Crippen molar-refractivity contribution in [2.75, 3.05) is 6.26 Å². The number of carbonyl (C=O) groups is 1. The van der Waals surface area contributed by atoms with Crippen molar-refractivity contribution in [1.82, 2.24) is 0 Å². The largest absolute Gasteiger partial charge is 0.294 e. The average molecular weight is 268 g/mol. The van der Waals surface area contributed by atoms with Crippen molar-refractivity contribution in [2.45, 2.75) is 11.3 Å². The molecule has 0 aliphatic carbocycles. The molecule has 0 aliphatic heterocycles. The van der Waals surface area contributed by atoms with Gasteiger partial charge >= 0.3 is 0 Å². The summed E-state index contributed by atoms with van der Waals surface area (Å²) in [5, 5.41) is 0. The Kier molecular flexibility index (Phi) is 4.58. The highest BCUT2D eigenvalue weighted by molar-refractivity contribution is 7.98. The molecule has 0 unspecified atom stereocenters. The molecule has 2 heteroatoms. The highest BCUT2D eigenvalue weighted by atomic mass is 32.2. The van der Waals surface area contributed by atoms with Crippen LogP contribution in [-0.2, 0) is 11.2 Å². The second kappa shape index (κ2) is 6.39. The van der Waals surface area contributed by atoms with Crippen molar-refractivity contribution in [3.05, 3.63) is 72.3 Å². The van der Waals surface area contributed by atoms with Crippen LogP contribution in [0.1, 0.15) is 11.1 Å². The lowest BCUT2D eigenvalue weighted by Crippen LogP contribution is -2.04. The van der Waals surface area contributed by atoms with Crippen LogP contribution in [0.25, 0.3) is 5.57 Å². The number of ketones is 1. The van der Waals surface area contributed by atoms with Crippen molar-refractivity contribution in [1.29, 1.82) is 0 Å². The number of benzene rings is 2. The highest BCUT2D eigenvalue weighted by Crippen LogP contribution is 2.20. The summed E-state index contributed by atoms with van der Waals surface area (Å²) in [5.74, 6) is 0.0723. The summed E-state index contributed by atoms with van der Waals surface area (Å²) in [6.07, 6.45) is 2.44. The van der Waals surface area contributed by atoms with Crippen LogP contribution in [0.3, 0.4) is 0 Å². The first-order valence-corrected chi connectivity index (χ1v) is 7.33. The van der Waals surface area contributed by atoms with E-state index in [4.69, 9.17) is 0 Å². The monoisotopic (exact) mass is 268 g/mol. The van der Waals surface area contributed by atoms with E-state index in [1.165, 1.54) is 4.90 Å². The first-order valence-electron chi connectivity index (χ1n) is 6.11. The summed E-state index contributed by atoms with van der Waals surface area (Å²) >= 11 is 1.69. The molecular weight excluding hydrogens is 252 g/mol. The molecule has 2 aromatic carbocycles. The molecule has 0 aliphatic rings. The van der Waals surface area contributed by atoms with Gasteiger partial charge in [-0.15, -0.1) is 11.8 Å². The van der Waals surface area contributed by atoms with Crippen molar-refractivity contribution in [3.63, 3.8) is 0 Å². The van der Waals surface area contributed by atoms with Gasteiger partial charge in [0.15, 0.2) is 5.78 Å². The maximum atomic E-state index is 12.2. The second-order valence-electron chi connectivity index (χ2n) is 4.29. The molecule has 96 valence electrons. The zero-order chi connectivity index (χ0) is 13.7. The van der Waals surface area contributed by atoms with Gasteiger partial charge in [0.25, 0.3) is 0 Å². The SMILES string of the molecule is C=C(C(=O)Cc1ccccc1)c1ccc(SC)cc1. The number of thioether (sulfide) groups is 1. The van der Waals surface area contributed by atoms with Crippen molar-refractivity contribution in [2.24, 2.45) is 0 Å². The number of allylic oxidation sites excluding steroid dienone is 1. The maximum absolute atomic E-state index is 12.2. The number of hydrogen-bond donors (Lipinski definition) is 0. The fraction of sp³-hybridized carbons (Fsp3) is 0.118. The minimum absolute atomic E-state index is 0.0723. The molecular formula is C17H16OS. The molecule has 2 aromatic rings. The molecule has 0 atom stereocenters. The van der Waals surface area contributed by atoms with Gasteiger partial charge < -0.3 is 0 Å². The van der Waals surface area contributed by atoms with Crippen molar-refractivity contribution in [3.8, 4) is 0 Å². The maximum Gasteiger partial charge on any atom is 0.167 e. The minimum atomic E-state index is 0.0723. The smallest absolute Gasteiger partial charge is 0.167 e. The fourth-order valence-corrected chi connectivity index (χ4v) is 2.25. The van der Waals surface area contributed by atoms with E-state index in [0.29, 0.717) is 12.0 Å². The Hall–Kier alpha value is -1.80. The van der Waals surface area contributed by atoms with Gasteiger partial charge in [0.05, 0.1) is 0 Å². The highest BCUT2D eigenvalue weighted by Gasteiger charge is 2.10. The molecule has 0 heterocycles. The van der Waals surface area contributed by atoms with E-state index in [-0.39, 0.29) is 5.78 Å². The Balaban J connectivity index is 2.08. The van der Waals surface area contributed by atoms with Gasteiger partial charge in [-0.25, -0.2) is 0 Å². The third-order valence-electron chi connectivity index (χ3n) is 2.98. The van der Waals surface area contributed by atoms with Crippen LogP contribution in [0, 0.1) is 0 Å². The second-order valence-corrected chi connectivity index (χ2v) is 5.17. The summed E-state index contributed by atoms with van der Waals surface area (Å²) < 4.78 is 0. The average Bonchev–Trinajstić information content (AvgIpc) is 2.47. The summed E-state index contributed by atoms with van der Waals surface area (Å²) in [6, 6.07) is 17.7. The van der Waals surface area contributed by atoms with Gasteiger partial charge in [-0.3, -0.25) is 4.79 Å². The Morgan fingerprint density at radius 3 is 2.26 bits per heavy atom. The molecule has 0 radical (unpaired) electrons. The van der Waals surface area contributed by atoms with E-state index in [2.05, 4.69) is 6.58 Å². The first kappa shape index (κ1) is 13.6. The molecule has 0 saturated carbocycles. The van der Waals surface area contributed by atoms with Crippen LogP contribution >= 0.6 is 11.8 Å². The molecule has 0 fully saturated rings. The van der Waals surface area contributed by atoms with Crippen molar-refractivity contribution < 1.29 is 4.79 Å². The van der Waals surface area contributed by atoms with Gasteiger partial charge in [-0.1, -0.05) is 49.0 Å². The normalized spacial score (nSPS) is 10.2. The van der Waals surface area contributed by atoms with Gasteiger partial charge in [-0.2, -0.15) is 0 Å². The molecule has 0 aromatic heterocycles. The lowest BCUT2D eigenvalue weighted by Gasteiger charge is -2.06. The number of Topliss-reactive ketones (excluding diaryl/α,β-unsaturated/α-hetero) is 1. The van der Waals surface area contributed by atoms with Crippen LogP contribution in [0.15, 0.2) is 66.1 Å². The third kappa shape index (κ3) is 3.58. The van der Waals surface area contributed by atoms with Gasteiger partial charge in [0.2, 0.25) is 0 Å². The summed E-state index contributed by atoms with van der Waals surface area (Å²) in [7, 11) is 0. The predicted molar refractivity (Wildman–Crippen MR) is 82.4 cm³/mol. The van der Waals surface area contributed by atoms with E-state index in [9.17, 15) is 4.79 Å². The summed E-state index contributed by atoms with van der Waals surface area (Å²) in [4.78, 5) is 13.3. The predicted octanol–water partition coefficient (Wildman–Crippen LogP) is 4.23. The number of rotatable bonds is 5. The quantitative estimate of drug-likeness (QED) is 0.596. The minimum Gasteiger partial charge on any atom is -0.294 e. The standard InChI is InChI=1S/C17H16OS/c1-13(15-8-10-16(19-2)11-9-15)17(18)12-14-6-4-3-5-7-14/h3-11H,1,12H2,2H3. The Morgan fingerprint density at radius 1 is 1.05 bits per heavy atom. The van der Waals surface area contributed by atoms with Gasteiger partial charge in [-0.05, 0) is 29.5 Å². The van der Waals surface area contributed by atoms with Gasteiger partial charge in [0, 0.05) is 16.9 Å². The Bertz CT molecular complexity index is 570. The zero-order valence-electron chi connectivity index (χ0n) is 10.9. The fourth-order valence-electron chi connectivity index (χ4n) is 1.84. The van der Waals surface area contributed by atoms with E-state index in [1.54, 1.807) is 11.8 Å². The Morgan fingerprint density at radius 2 is 1.68 bits per heavy atom. The lowest BCUT2D eigenvalue weighted by molar-refractivity contribution is -0.113. The molecule has 0 saturated heterocycles. The van der Waals surface area contributed by atoms with E-state index in [1.807, 2.05) is 60.9 Å². The number of carbonyl (C=O) groups excluding carboxylic acids is 1. The molecule has 0 spiro atoms. The Labute approximate surface area is 118 Å². The molecule has 0 bridgehead atoms. The molecule has 0 N–H and O–H groups in total. The van der Waals surface area contributed by atoms with E-state index in [0.717, 1.165) is 11.1 Å². The number of hydrogen-bond acceptors (Lipinski definition) is 2. The third-order valence-corrected chi connectivity index (χ3v) is 3.73. The molecule has 2 rings (SSSR count). The first-order chi connectivity index (χ1) is 9.20. The van der Waals surface area contributed by atoms with Gasteiger partial charge in [0.1, 0.15) is 0 Å². The zero-order valence-corrected chi connectivity index (χ0v) is 11.7. The van der Waals surface area contributed by atoms with Crippen molar-refractivity contribution >= 4 is 23.1 Å².